The molecule has 1 amide bonds. The first kappa shape index (κ1) is 17.8. The number of likely N-dealkylation sites (N-methyl/N-ethyl adjacent to an activating group) is 1. The summed E-state index contributed by atoms with van der Waals surface area (Å²) in [6, 6.07) is 10.0. The van der Waals surface area contributed by atoms with E-state index in [0.29, 0.717) is 18.2 Å². The lowest BCUT2D eigenvalue weighted by molar-refractivity contribution is 0.0884. The smallest absolute Gasteiger partial charge is 0.252 e. The van der Waals surface area contributed by atoms with Gasteiger partial charge in [0.1, 0.15) is 0 Å². The molecule has 0 saturated carbocycles. The van der Waals surface area contributed by atoms with E-state index in [0.717, 1.165) is 49.3 Å². The van der Waals surface area contributed by atoms with Crippen LogP contribution in [0.3, 0.4) is 0 Å². The number of nitrogens with one attached hydrogen (secondary N) is 1. The number of hydrogen-bond donors (Lipinski definition) is 1. The van der Waals surface area contributed by atoms with Gasteiger partial charge in [0.15, 0.2) is 0 Å². The molecule has 2 heterocycles. The zero-order valence-electron chi connectivity index (χ0n) is 15.5. The fourth-order valence-corrected chi connectivity index (χ4v) is 3.48. The Bertz CT molecular complexity index is 738. The van der Waals surface area contributed by atoms with Crippen LogP contribution in [-0.4, -0.2) is 66.0 Å². The molecule has 1 saturated heterocycles. The number of nitrogens with zero attached hydrogens (tertiary/aromatic N) is 3. The predicted molar refractivity (Wildman–Crippen MR) is 102 cm³/mol. The third kappa shape index (κ3) is 4.17. The fraction of sp³-hybridized carbons (Fsp3) is 0.500. The first-order valence-electron chi connectivity index (χ1n) is 9.19. The number of benzene rings is 1. The van der Waals surface area contributed by atoms with Gasteiger partial charge in [0.2, 0.25) is 0 Å². The molecule has 1 aromatic carbocycles. The van der Waals surface area contributed by atoms with E-state index in [-0.39, 0.29) is 5.91 Å². The van der Waals surface area contributed by atoms with E-state index in [2.05, 4.69) is 33.9 Å². The average Bonchev–Trinajstić information content (AvgIpc) is 2.65. The summed E-state index contributed by atoms with van der Waals surface area (Å²) in [5, 5.41) is 4.03. The van der Waals surface area contributed by atoms with Gasteiger partial charge in [-0.15, -0.1) is 0 Å². The summed E-state index contributed by atoms with van der Waals surface area (Å²) in [7, 11) is 0. The zero-order chi connectivity index (χ0) is 17.8. The third-order valence-corrected chi connectivity index (χ3v) is 5.12. The van der Waals surface area contributed by atoms with Gasteiger partial charge >= 0.3 is 0 Å². The van der Waals surface area contributed by atoms with Crippen LogP contribution in [0.2, 0.25) is 0 Å². The maximum atomic E-state index is 12.7. The second kappa shape index (κ2) is 7.93. The van der Waals surface area contributed by atoms with Gasteiger partial charge in [-0.3, -0.25) is 14.7 Å². The first-order chi connectivity index (χ1) is 12.1. The molecule has 5 nitrogen and oxygen atoms in total. The van der Waals surface area contributed by atoms with E-state index in [1.54, 1.807) is 0 Å². The van der Waals surface area contributed by atoms with Gasteiger partial charge in [-0.2, -0.15) is 0 Å². The van der Waals surface area contributed by atoms with Crippen LogP contribution in [-0.2, 0) is 0 Å². The molecule has 2 aromatic rings. The van der Waals surface area contributed by atoms with E-state index >= 15 is 0 Å². The monoisotopic (exact) mass is 340 g/mol. The second-order valence-corrected chi connectivity index (χ2v) is 6.86. The van der Waals surface area contributed by atoms with E-state index in [1.165, 1.54) is 0 Å². The van der Waals surface area contributed by atoms with Crippen LogP contribution in [0, 0.1) is 6.92 Å². The van der Waals surface area contributed by atoms with Crippen molar-refractivity contribution in [2.45, 2.75) is 26.8 Å². The number of aromatic nitrogens is 1. The zero-order valence-corrected chi connectivity index (χ0v) is 15.5. The quantitative estimate of drug-likeness (QED) is 0.907. The van der Waals surface area contributed by atoms with Gasteiger partial charge in [-0.05, 0) is 32.5 Å². The summed E-state index contributed by atoms with van der Waals surface area (Å²) in [5.74, 6) is -0.0132. The number of aryl methyl sites for hydroxylation is 1. The minimum atomic E-state index is -0.0132. The van der Waals surface area contributed by atoms with Crippen LogP contribution in [0.25, 0.3) is 10.9 Å². The Morgan fingerprint density at radius 3 is 2.68 bits per heavy atom. The van der Waals surface area contributed by atoms with Crippen molar-refractivity contribution in [3.05, 3.63) is 41.6 Å². The molecular formula is C20H28N4O. The highest BCUT2D eigenvalue weighted by Crippen LogP contribution is 2.18. The maximum absolute atomic E-state index is 12.7. The summed E-state index contributed by atoms with van der Waals surface area (Å²) in [4.78, 5) is 22.2. The van der Waals surface area contributed by atoms with Gasteiger partial charge < -0.3 is 10.2 Å². The first-order valence-corrected chi connectivity index (χ1v) is 9.19. The van der Waals surface area contributed by atoms with Crippen molar-refractivity contribution < 1.29 is 4.79 Å². The molecule has 25 heavy (non-hydrogen) atoms. The Labute approximate surface area is 150 Å². The number of amides is 1. The number of para-hydroxylation sites is 1. The molecule has 0 radical (unpaired) electrons. The van der Waals surface area contributed by atoms with Crippen molar-refractivity contribution in [2.24, 2.45) is 0 Å². The molecule has 1 aliphatic rings. The van der Waals surface area contributed by atoms with Gasteiger partial charge in [0.05, 0.1) is 11.1 Å². The van der Waals surface area contributed by atoms with E-state index in [4.69, 9.17) is 0 Å². The molecule has 0 spiro atoms. The van der Waals surface area contributed by atoms with Crippen LogP contribution < -0.4 is 5.32 Å². The molecule has 5 heteroatoms. The molecule has 1 N–H and O–H groups in total. The molecule has 0 bridgehead atoms. The summed E-state index contributed by atoms with van der Waals surface area (Å²) in [5.41, 5.74) is 2.45. The summed E-state index contributed by atoms with van der Waals surface area (Å²) in [6.45, 7) is 12.5. The molecular weight excluding hydrogens is 312 g/mol. The third-order valence-electron chi connectivity index (χ3n) is 5.12. The number of piperazine rings is 1. The molecule has 1 aromatic heterocycles. The lowest BCUT2D eigenvalue weighted by Gasteiger charge is -2.37. The number of rotatable bonds is 5. The standard InChI is InChI=1S/C20H28N4O/c1-4-23-9-11-24(12-10-23)16(3)14-21-20(25)18-13-15(2)22-19-8-6-5-7-17(18)19/h5-8,13,16H,4,9-12,14H2,1-3H3,(H,21,25)/t16-/m0/s1. The molecule has 1 aliphatic heterocycles. The number of carbonyl (C=O) groups excluding carboxylic acids is 1. The van der Waals surface area contributed by atoms with Crippen LogP contribution in [0.5, 0.6) is 0 Å². The highest BCUT2D eigenvalue weighted by Gasteiger charge is 2.21. The van der Waals surface area contributed by atoms with Crippen LogP contribution >= 0.6 is 0 Å². The van der Waals surface area contributed by atoms with E-state index in [9.17, 15) is 4.79 Å². The van der Waals surface area contributed by atoms with Crippen molar-refractivity contribution in [1.29, 1.82) is 0 Å². The summed E-state index contributed by atoms with van der Waals surface area (Å²) < 4.78 is 0. The Hall–Kier alpha value is -1.98. The average molecular weight is 340 g/mol. The fourth-order valence-electron chi connectivity index (χ4n) is 3.48. The highest BCUT2D eigenvalue weighted by atomic mass is 16.1. The largest absolute Gasteiger partial charge is 0.350 e. The Kier molecular flexibility index (Phi) is 5.66. The van der Waals surface area contributed by atoms with Crippen molar-refractivity contribution in [3.63, 3.8) is 0 Å². The van der Waals surface area contributed by atoms with Crippen molar-refractivity contribution in [1.82, 2.24) is 20.1 Å². The molecule has 134 valence electrons. The maximum Gasteiger partial charge on any atom is 0.252 e. The van der Waals surface area contributed by atoms with Crippen molar-refractivity contribution >= 4 is 16.8 Å². The normalized spacial score (nSPS) is 17.6. The lowest BCUT2D eigenvalue weighted by Crippen LogP contribution is -2.52. The number of pyridine rings is 1. The van der Waals surface area contributed by atoms with E-state index in [1.807, 2.05) is 37.3 Å². The van der Waals surface area contributed by atoms with Gasteiger partial charge in [0, 0.05) is 49.8 Å². The predicted octanol–water partition coefficient (Wildman–Crippen LogP) is 2.30. The van der Waals surface area contributed by atoms with Crippen molar-refractivity contribution in [3.8, 4) is 0 Å². The van der Waals surface area contributed by atoms with Gasteiger partial charge in [-0.25, -0.2) is 0 Å². The van der Waals surface area contributed by atoms with Crippen LogP contribution in [0.15, 0.2) is 30.3 Å². The Balaban J connectivity index is 1.63. The van der Waals surface area contributed by atoms with Gasteiger partial charge in [0.25, 0.3) is 5.91 Å². The topological polar surface area (TPSA) is 48.5 Å². The highest BCUT2D eigenvalue weighted by molar-refractivity contribution is 6.06. The SMILES string of the molecule is CCN1CCN([C@@H](C)CNC(=O)c2cc(C)nc3ccccc23)CC1. The molecule has 0 aliphatic carbocycles. The molecule has 1 atom stereocenters. The van der Waals surface area contributed by atoms with E-state index < -0.39 is 0 Å². The Morgan fingerprint density at radius 1 is 1.24 bits per heavy atom. The molecule has 3 rings (SSSR count). The molecule has 0 unspecified atom stereocenters. The summed E-state index contributed by atoms with van der Waals surface area (Å²) >= 11 is 0. The van der Waals surface area contributed by atoms with Crippen LogP contribution in [0.1, 0.15) is 29.9 Å². The molecule has 1 fully saturated rings. The van der Waals surface area contributed by atoms with Crippen LogP contribution in [0.4, 0.5) is 0 Å². The summed E-state index contributed by atoms with van der Waals surface area (Å²) in [6.07, 6.45) is 0. The Morgan fingerprint density at radius 2 is 1.96 bits per heavy atom. The second-order valence-electron chi connectivity index (χ2n) is 6.86. The minimum absolute atomic E-state index is 0.0132. The minimum Gasteiger partial charge on any atom is -0.350 e. The number of fused-ring (bicyclic) bond motifs is 1. The van der Waals surface area contributed by atoms with Gasteiger partial charge in [-0.1, -0.05) is 25.1 Å². The number of hydrogen-bond acceptors (Lipinski definition) is 4. The number of carbonyl (C=O) groups is 1. The van der Waals surface area contributed by atoms with Crippen molar-refractivity contribution in [2.75, 3.05) is 39.3 Å². The lowest BCUT2D eigenvalue weighted by atomic mass is 10.1.